The maximum absolute atomic E-state index is 11.2. The zero-order valence-electron chi connectivity index (χ0n) is 11.4. The van der Waals surface area contributed by atoms with E-state index >= 15 is 0 Å². The van der Waals surface area contributed by atoms with Gasteiger partial charge in [0.2, 0.25) is 0 Å². The Balaban J connectivity index is 2.30. The molecule has 2 N–H and O–H groups in total. The molecule has 1 aliphatic heterocycles. The van der Waals surface area contributed by atoms with Crippen molar-refractivity contribution in [2.75, 3.05) is 26.7 Å². The lowest BCUT2D eigenvalue weighted by Gasteiger charge is -2.23. The van der Waals surface area contributed by atoms with E-state index in [9.17, 15) is 4.79 Å². The van der Waals surface area contributed by atoms with Crippen LogP contribution in [0.1, 0.15) is 39.5 Å². The highest BCUT2D eigenvalue weighted by atomic mass is 16.5. The van der Waals surface area contributed by atoms with Crippen LogP contribution in [0.2, 0.25) is 0 Å². The largest absolute Gasteiger partial charge is 0.468 e. The Morgan fingerprint density at radius 3 is 2.76 bits per heavy atom. The van der Waals surface area contributed by atoms with E-state index in [0.29, 0.717) is 11.8 Å². The van der Waals surface area contributed by atoms with Crippen molar-refractivity contribution in [2.45, 2.75) is 45.6 Å². The van der Waals surface area contributed by atoms with Crippen molar-refractivity contribution in [2.24, 2.45) is 11.1 Å². The summed E-state index contributed by atoms with van der Waals surface area (Å²) in [6, 6.07) is -0.476. The number of carbonyl (C=O) groups is 1. The first kappa shape index (κ1) is 14.5. The van der Waals surface area contributed by atoms with Crippen molar-refractivity contribution in [3.8, 4) is 0 Å². The minimum absolute atomic E-state index is 0.305. The lowest BCUT2D eigenvalue weighted by molar-refractivity contribution is -0.142. The molecule has 100 valence electrons. The van der Waals surface area contributed by atoms with E-state index in [0.717, 1.165) is 19.6 Å². The third kappa shape index (κ3) is 5.04. The number of nitrogens with two attached hydrogens (primary N) is 1. The van der Waals surface area contributed by atoms with Gasteiger partial charge in [-0.2, -0.15) is 0 Å². The van der Waals surface area contributed by atoms with E-state index in [4.69, 9.17) is 5.73 Å². The normalized spacial score (nSPS) is 22.8. The number of esters is 1. The molecule has 4 nitrogen and oxygen atoms in total. The number of hydrogen-bond acceptors (Lipinski definition) is 4. The van der Waals surface area contributed by atoms with Gasteiger partial charge in [0.25, 0.3) is 0 Å². The molecule has 0 amide bonds. The van der Waals surface area contributed by atoms with Gasteiger partial charge < -0.3 is 15.4 Å². The SMILES string of the molecule is COC(=O)C(N)CCN1CCCC(C)(C)CC1. The highest BCUT2D eigenvalue weighted by Gasteiger charge is 2.23. The molecule has 0 aromatic heterocycles. The number of likely N-dealkylation sites (tertiary alicyclic amines) is 1. The quantitative estimate of drug-likeness (QED) is 0.757. The molecule has 0 saturated carbocycles. The molecule has 0 spiro atoms. The molecule has 0 radical (unpaired) electrons. The fourth-order valence-corrected chi connectivity index (χ4v) is 2.29. The summed E-state index contributed by atoms with van der Waals surface area (Å²) in [4.78, 5) is 13.6. The summed E-state index contributed by atoms with van der Waals surface area (Å²) in [6.07, 6.45) is 4.43. The number of hydrogen-bond donors (Lipinski definition) is 1. The minimum atomic E-state index is -0.476. The van der Waals surface area contributed by atoms with Gasteiger partial charge in [-0.25, -0.2) is 0 Å². The minimum Gasteiger partial charge on any atom is -0.468 e. The Kier molecular flexibility index (Phi) is 5.40. The number of methoxy groups -OCH3 is 1. The van der Waals surface area contributed by atoms with Crippen LogP contribution in [0.3, 0.4) is 0 Å². The molecule has 1 unspecified atom stereocenters. The Bertz CT molecular complexity index is 254. The first-order valence-corrected chi connectivity index (χ1v) is 6.50. The predicted molar refractivity (Wildman–Crippen MR) is 68.7 cm³/mol. The predicted octanol–water partition coefficient (Wildman–Crippen LogP) is 1.39. The lowest BCUT2D eigenvalue weighted by Crippen LogP contribution is -2.36. The summed E-state index contributed by atoms with van der Waals surface area (Å²) >= 11 is 0. The van der Waals surface area contributed by atoms with Gasteiger partial charge >= 0.3 is 5.97 Å². The molecule has 1 aliphatic rings. The van der Waals surface area contributed by atoms with Crippen molar-refractivity contribution < 1.29 is 9.53 Å². The topological polar surface area (TPSA) is 55.6 Å². The molecular formula is C13H26N2O2. The van der Waals surface area contributed by atoms with Crippen molar-refractivity contribution in [1.82, 2.24) is 4.90 Å². The molecular weight excluding hydrogens is 216 g/mol. The van der Waals surface area contributed by atoms with Gasteiger partial charge in [0.05, 0.1) is 7.11 Å². The molecule has 1 heterocycles. The molecule has 0 aromatic rings. The maximum Gasteiger partial charge on any atom is 0.322 e. The molecule has 1 saturated heterocycles. The Morgan fingerprint density at radius 1 is 1.41 bits per heavy atom. The number of carbonyl (C=O) groups excluding carboxylic acids is 1. The summed E-state index contributed by atoms with van der Waals surface area (Å²) in [5, 5.41) is 0. The second-order valence-corrected chi connectivity index (χ2v) is 5.78. The van der Waals surface area contributed by atoms with E-state index in [1.54, 1.807) is 0 Å². The summed E-state index contributed by atoms with van der Waals surface area (Å²) in [7, 11) is 1.39. The Morgan fingerprint density at radius 2 is 2.12 bits per heavy atom. The molecule has 0 aliphatic carbocycles. The Labute approximate surface area is 104 Å². The lowest BCUT2D eigenvalue weighted by atomic mass is 9.85. The van der Waals surface area contributed by atoms with E-state index in [1.165, 1.54) is 26.4 Å². The van der Waals surface area contributed by atoms with Crippen LogP contribution >= 0.6 is 0 Å². The summed E-state index contributed by atoms with van der Waals surface area (Å²) in [5.74, 6) is -0.305. The van der Waals surface area contributed by atoms with Crippen LogP contribution in [-0.4, -0.2) is 43.7 Å². The smallest absolute Gasteiger partial charge is 0.322 e. The summed E-state index contributed by atoms with van der Waals surface area (Å²) in [5.41, 5.74) is 6.19. The molecule has 1 fully saturated rings. The van der Waals surface area contributed by atoms with Crippen LogP contribution in [0.4, 0.5) is 0 Å². The highest BCUT2D eigenvalue weighted by molar-refractivity contribution is 5.75. The zero-order valence-corrected chi connectivity index (χ0v) is 11.4. The second-order valence-electron chi connectivity index (χ2n) is 5.78. The van der Waals surface area contributed by atoms with Crippen molar-refractivity contribution in [3.05, 3.63) is 0 Å². The van der Waals surface area contributed by atoms with Gasteiger partial charge in [-0.15, -0.1) is 0 Å². The molecule has 1 atom stereocenters. The average Bonchev–Trinajstić information content (AvgIpc) is 2.46. The maximum atomic E-state index is 11.2. The van der Waals surface area contributed by atoms with Crippen LogP contribution in [0.5, 0.6) is 0 Å². The van der Waals surface area contributed by atoms with E-state index in [-0.39, 0.29) is 5.97 Å². The molecule has 0 bridgehead atoms. The van der Waals surface area contributed by atoms with E-state index < -0.39 is 6.04 Å². The molecule has 0 aromatic carbocycles. The van der Waals surface area contributed by atoms with Crippen LogP contribution in [-0.2, 0) is 9.53 Å². The van der Waals surface area contributed by atoms with Gasteiger partial charge in [-0.1, -0.05) is 13.8 Å². The van der Waals surface area contributed by atoms with Crippen LogP contribution in [0, 0.1) is 5.41 Å². The molecule has 4 heteroatoms. The molecule has 1 rings (SSSR count). The third-order valence-corrected chi connectivity index (χ3v) is 3.69. The third-order valence-electron chi connectivity index (χ3n) is 3.69. The van der Waals surface area contributed by atoms with Crippen LogP contribution < -0.4 is 5.73 Å². The summed E-state index contributed by atoms with van der Waals surface area (Å²) < 4.78 is 4.63. The van der Waals surface area contributed by atoms with Gasteiger partial charge in [0.1, 0.15) is 6.04 Å². The molecule has 17 heavy (non-hydrogen) atoms. The average molecular weight is 242 g/mol. The fraction of sp³-hybridized carbons (Fsp3) is 0.923. The number of ether oxygens (including phenoxy) is 1. The first-order chi connectivity index (χ1) is 7.94. The zero-order chi connectivity index (χ0) is 12.9. The van der Waals surface area contributed by atoms with Crippen molar-refractivity contribution >= 4 is 5.97 Å². The van der Waals surface area contributed by atoms with Gasteiger partial charge in [0, 0.05) is 6.54 Å². The standard InChI is InChI=1S/C13H26N2O2/c1-13(2)6-4-8-15(10-7-13)9-5-11(14)12(16)17-3/h11H,4-10,14H2,1-3H3. The van der Waals surface area contributed by atoms with E-state index in [2.05, 4.69) is 23.5 Å². The fourth-order valence-electron chi connectivity index (χ4n) is 2.29. The number of nitrogens with zero attached hydrogens (tertiary/aromatic N) is 1. The summed E-state index contributed by atoms with van der Waals surface area (Å²) in [6.45, 7) is 7.79. The second kappa shape index (κ2) is 6.36. The van der Waals surface area contributed by atoms with Crippen LogP contribution in [0.25, 0.3) is 0 Å². The van der Waals surface area contributed by atoms with Crippen molar-refractivity contribution in [3.63, 3.8) is 0 Å². The van der Waals surface area contributed by atoms with Gasteiger partial charge in [-0.3, -0.25) is 4.79 Å². The van der Waals surface area contributed by atoms with E-state index in [1.807, 2.05) is 0 Å². The Hall–Kier alpha value is -0.610. The van der Waals surface area contributed by atoms with Crippen LogP contribution in [0.15, 0.2) is 0 Å². The monoisotopic (exact) mass is 242 g/mol. The number of rotatable bonds is 4. The van der Waals surface area contributed by atoms with Gasteiger partial charge in [0.15, 0.2) is 0 Å². The first-order valence-electron chi connectivity index (χ1n) is 6.50. The highest BCUT2D eigenvalue weighted by Crippen LogP contribution is 2.29. The van der Waals surface area contributed by atoms with Gasteiger partial charge in [-0.05, 0) is 44.2 Å². The van der Waals surface area contributed by atoms with Crippen molar-refractivity contribution in [1.29, 1.82) is 0 Å².